The summed E-state index contributed by atoms with van der Waals surface area (Å²) in [7, 11) is 0. The molecule has 2 heteroatoms. The van der Waals surface area contributed by atoms with Crippen LogP contribution >= 0.6 is 0 Å². The highest BCUT2D eigenvalue weighted by atomic mass is 16.2. The first-order valence-electron chi connectivity index (χ1n) is 2.81. The Balaban J connectivity index is 2.45. The molecule has 1 aliphatic rings. The molecule has 0 N–H and O–H groups in total. The van der Waals surface area contributed by atoms with Gasteiger partial charge in [0.25, 0.3) is 0 Å². The Morgan fingerprint density at radius 2 is 2.67 bits per heavy atom. The molecule has 0 bridgehead atoms. The van der Waals surface area contributed by atoms with Crippen molar-refractivity contribution >= 4 is 5.91 Å². The van der Waals surface area contributed by atoms with Gasteiger partial charge in [0.05, 0.1) is 0 Å². The summed E-state index contributed by atoms with van der Waals surface area (Å²) >= 11 is 0. The maximum Gasteiger partial charge on any atom is 0.246 e. The van der Waals surface area contributed by atoms with Crippen LogP contribution in [0.2, 0.25) is 0 Å². The van der Waals surface area contributed by atoms with Gasteiger partial charge in [0.1, 0.15) is 0 Å². The average molecular weight is 122 g/mol. The second-order valence-electron chi connectivity index (χ2n) is 1.83. The van der Waals surface area contributed by atoms with Crippen LogP contribution in [0, 0.1) is 6.08 Å². The maximum absolute atomic E-state index is 10.8. The molecule has 0 fully saturated rings. The van der Waals surface area contributed by atoms with E-state index in [1.165, 1.54) is 6.08 Å². The van der Waals surface area contributed by atoms with Gasteiger partial charge >= 0.3 is 0 Å². The third-order valence-electron chi connectivity index (χ3n) is 1.22. The second kappa shape index (κ2) is 2.49. The number of rotatable bonds is 1. The monoisotopic (exact) mass is 122 g/mol. The van der Waals surface area contributed by atoms with Gasteiger partial charge in [0.15, 0.2) is 0 Å². The summed E-state index contributed by atoms with van der Waals surface area (Å²) in [5.41, 5.74) is 0. The third kappa shape index (κ3) is 1.19. The SMILES string of the molecule is C=CC(=O)N1C[C]=CC1. The van der Waals surface area contributed by atoms with Crippen LogP contribution in [-0.2, 0) is 4.79 Å². The van der Waals surface area contributed by atoms with E-state index in [-0.39, 0.29) is 5.91 Å². The lowest BCUT2D eigenvalue weighted by Crippen LogP contribution is -2.25. The molecule has 2 nitrogen and oxygen atoms in total. The van der Waals surface area contributed by atoms with E-state index in [9.17, 15) is 4.79 Å². The average Bonchev–Trinajstić information content (AvgIpc) is 2.37. The van der Waals surface area contributed by atoms with Crippen LogP contribution in [0.5, 0.6) is 0 Å². The van der Waals surface area contributed by atoms with Crippen molar-refractivity contribution in [1.82, 2.24) is 4.90 Å². The van der Waals surface area contributed by atoms with Crippen LogP contribution in [0.25, 0.3) is 0 Å². The highest BCUT2D eigenvalue weighted by Crippen LogP contribution is 1.97. The summed E-state index contributed by atoms with van der Waals surface area (Å²) in [6.45, 7) is 4.67. The van der Waals surface area contributed by atoms with E-state index in [2.05, 4.69) is 12.7 Å². The minimum Gasteiger partial charge on any atom is -0.331 e. The lowest BCUT2D eigenvalue weighted by atomic mass is 10.5. The molecule has 0 saturated heterocycles. The standard InChI is InChI=1S/C7H8NO/c1-2-7(9)8-5-3-4-6-8/h2-3H,1,5-6H2. The molecule has 1 rings (SSSR count). The van der Waals surface area contributed by atoms with Crippen LogP contribution in [0.3, 0.4) is 0 Å². The van der Waals surface area contributed by atoms with Crippen molar-refractivity contribution in [3.05, 3.63) is 24.8 Å². The molecule has 0 aromatic heterocycles. The molecule has 0 unspecified atom stereocenters. The Morgan fingerprint density at radius 3 is 3.11 bits per heavy atom. The first-order chi connectivity index (χ1) is 4.34. The molecule has 0 aliphatic carbocycles. The minimum absolute atomic E-state index is 0.0174. The van der Waals surface area contributed by atoms with E-state index in [1.807, 2.05) is 6.08 Å². The van der Waals surface area contributed by atoms with E-state index in [1.54, 1.807) is 4.90 Å². The van der Waals surface area contributed by atoms with Gasteiger partial charge < -0.3 is 4.90 Å². The zero-order chi connectivity index (χ0) is 6.69. The molecule has 0 spiro atoms. The second-order valence-corrected chi connectivity index (χ2v) is 1.83. The normalized spacial score (nSPS) is 16.2. The number of nitrogens with zero attached hydrogens (tertiary/aromatic N) is 1. The Labute approximate surface area is 54.5 Å². The highest BCUT2D eigenvalue weighted by molar-refractivity contribution is 5.87. The lowest BCUT2D eigenvalue weighted by molar-refractivity contribution is -0.124. The molecule has 1 radical (unpaired) electrons. The topological polar surface area (TPSA) is 20.3 Å². The fraction of sp³-hybridized carbons (Fsp3) is 0.286. The molecule has 0 aromatic carbocycles. The van der Waals surface area contributed by atoms with Crippen LogP contribution in [0.1, 0.15) is 0 Å². The van der Waals surface area contributed by atoms with Gasteiger partial charge in [-0.3, -0.25) is 4.79 Å². The van der Waals surface area contributed by atoms with Gasteiger partial charge in [-0.15, -0.1) is 0 Å². The summed E-state index contributed by atoms with van der Waals surface area (Å²) in [6, 6.07) is 0. The number of carbonyl (C=O) groups excluding carboxylic acids is 1. The van der Waals surface area contributed by atoms with Gasteiger partial charge in [0, 0.05) is 13.1 Å². The number of carbonyl (C=O) groups is 1. The van der Waals surface area contributed by atoms with Crippen LogP contribution < -0.4 is 0 Å². The molecular weight excluding hydrogens is 114 g/mol. The molecule has 0 saturated carbocycles. The molecule has 47 valence electrons. The van der Waals surface area contributed by atoms with E-state index < -0.39 is 0 Å². The first kappa shape index (κ1) is 6.08. The zero-order valence-electron chi connectivity index (χ0n) is 5.13. The molecular formula is C7H8NO. The molecule has 0 aromatic rings. The van der Waals surface area contributed by atoms with Crippen LogP contribution in [0.4, 0.5) is 0 Å². The van der Waals surface area contributed by atoms with E-state index in [0.717, 1.165) is 0 Å². The van der Waals surface area contributed by atoms with Crippen molar-refractivity contribution in [3.63, 3.8) is 0 Å². The zero-order valence-corrected chi connectivity index (χ0v) is 5.13. The van der Waals surface area contributed by atoms with Crippen molar-refractivity contribution in [2.75, 3.05) is 13.1 Å². The van der Waals surface area contributed by atoms with Gasteiger partial charge in [-0.1, -0.05) is 12.7 Å². The Kier molecular flexibility index (Phi) is 1.68. The number of hydrogen-bond acceptors (Lipinski definition) is 1. The molecule has 1 aliphatic heterocycles. The van der Waals surface area contributed by atoms with E-state index in [0.29, 0.717) is 13.1 Å². The van der Waals surface area contributed by atoms with E-state index in [4.69, 9.17) is 0 Å². The minimum atomic E-state index is -0.0174. The first-order valence-corrected chi connectivity index (χ1v) is 2.81. The predicted molar refractivity (Wildman–Crippen MR) is 34.6 cm³/mol. The fourth-order valence-corrected chi connectivity index (χ4v) is 0.711. The Bertz CT molecular complexity index is 152. The van der Waals surface area contributed by atoms with Crippen LogP contribution in [0.15, 0.2) is 18.7 Å². The van der Waals surface area contributed by atoms with Gasteiger partial charge in [-0.25, -0.2) is 0 Å². The van der Waals surface area contributed by atoms with E-state index >= 15 is 0 Å². The van der Waals surface area contributed by atoms with Gasteiger partial charge in [-0.05, 0) is 12.2 Å². The summed E-state index contributed by atoms with van der Waals surface area (Å²) in [6.07, 6.45) is 6.09. The van der Waals surface area contributed by atoms with Crippen molar-refractivity contribution in [2.45, 2.75) is 0 Å². The van der Waals surface area contributed by atoms with Crippen LogP contribution in [-0.4, -0.2) is 23.9 Å². The molecule has 9 heavy (non-hydrogen) atoms. The van der Waals surface area contributed by atoms with Crippen molar-refractivity contribution < 1.29 is 4.79 Å². The smallest absolute Gasteiger partial charge is 0.246 e. The van der Waals surface area contributed by atoms with Crippen molar-refractivity contribution in [3.8, 4) is 0 Å². The highest BCUT2D eigenvalue weighted by Gasteiger charge is 2.09. The molecule has 1 amide bonds. The number of amides is 1. The van der Waals surface area contributed by atoms with Gasteiger partial charge in [0.2, 0.25) is 5.91 Å². The van der Waals surface area contributed by atoms with Crippen molar-refractivity contribution in [1.29, 1.82) is 0 Å². The third-order valence-corrected chi connectivity index (χ3v) is 1.22. The number of hydrogen-bond donors (Lipinski definition) is 0. The quantitative estimate of drug-likeness (QED) is 0.460. The van der Waals surface area contributed by atoms with Gasteiger partial charge in [-0.2, -0.15) is 0 Å². The molecule has 1 heterocycles. The largest absolute Gasteiger partial charge is 0.331 e. The molecule has 0 atom stereocenters. The van der Waals surface area contributed by atoms with Crippen molar-refractivity contribution in [2.24, 2.45) is 0 Å². The Morgan fingerprint density at radius 1 is 1.89 bits per heavy atom. The Hall–Kier alpha value is -1.05. The maximum atomic E-state index is 10.8. The summed E-state index contributed by atoms with van der Waals surface area (Å²) in [5, 5.41) is 0. The summed E-state index contributed by atoms with van der Waals surface area (Å²) in [5.74, 6) is -0.0174. The lowest BCUT2D eigenvalue weighted by Gasteiger charge is -2.10. The fourth-order valence-electron chi connectivity index (χ4n) is 0.711. The summed E-state index contributed by atoms with van der Waals surface area (Å²) in [4.78, 5) is 12.4. The summed E-state index contributed by atoms with van der Waals surface area (Å²) < 4.78 is 0. The predicted octanol–water partition coefficient (Wildman–Crippen LogP) is 0.374.